The summed E-state index contributed by atoms with van der Waals surface area (Å²) in [7, 11) is 3.98. The highest BCUT2D eigenvalue weighted by Crippen LogP contribution is 2.23. The molecule has 1 amide bonds. The first-order valence-electron chi connectivity index (χ1n) is 7.56. The number of benzene rings is 2. The van der Waals surface area contributed by atoms with Gasteiger partial charge in [-0.25, -0.2) is 0 Å². The molecular weight excluding hydrogens is 288 g/mol. The van der Waals surface area contributed by atoms with Gasteiger partial charge in [-0.05, 0) is 37.9 Å². The van der Waals surface area contributed by atoms with Crippen molar-refractivity contribution in [1.29, 1.82) is 0 Å². The molecule has 0 unspecified atom stereocenters. The second-order valence-corrected chi connectivity index (χ2v) is 5.38. The fraction of sp³-hybridized carbons (Fsp3) is 0.211. The van der Waals surface area contributed by atoms with Crippen LogP contribution in [-0.2, 0) is 4.79 Å². The number of likely N-dealkylation sites (N-methyl/N-ethyl adjacent to an activating group) is 1. The van der Waals surface area contributed by atoms with Gasteiger partial charge in [-0.2, -0.15) is 0 Å². The van der Waals surface area contributed by atoms with Crippen LogP contribution < -0.4 is 10.1 Å². The zero-order valence-electron chi connectivity index (χ0n) is 13.5. The molecule has 0 aliphatic rings. The van der Waals surface area contributed by atoms with Gasteiger partial charge in [0.2, 0.25) is 5.91 Å². The van der Waals surface area contributed by atoms with Crippen molar-refractivity contribution in [2.45, 2.75) is 0 Å². The van der Waals surface area contributed by atoms with Crippen LogP contribution in [0.25, 0.3) is 6.08 Å². The van der Waals surface area contributed by atoms with Gasteiger partial charge in [0, 0.05) is 12.6 Å². The summed E-state index contributed by atoms with van der Waals surface area (Å²) >= 11 is 0. The second-order valence-electron chi connectivity index (χ2n) is 5.38. The van der Waals surface area contributed by atoms with E-state index in [1.807, 2.05) is 73.6 Å². The summed E-state index contributed by atoms with van der Waals surface area (Å²) in [6.07, 6.45) is 3.30. The zero-order chi connectivity index (χ0) is 16.5. The number of hydrogen-bond acceptors (Lipinski definition) is 3. The molecule has 0 heterocycles. The number of rotatable bonds is 7. The van der Waals surface area contributed by atoms with Crippen LogP contribution in [0.2, 0.25) is 0 Å². The zero-order valence-corrected chi connectivity index (χ0v) is 13.5. The van der Waals surface area contributed by atoms with Gasteiger partial charge in [-0.15, -0.1) is 0 Å². The highest BCUT2D eigenvalue weighted by molar-refractivity contribution is 6.02. The average molecular weight is 310 g/mol. The molecule has 0 aliphatic carbocycles. The molecule has 120 valence electrons. The molecule has 4 heteroatoms. The van der Waals surface area contributed by atoms with E-state index in [-0.39, 0.29) is 5.91 Å². The standard InChI is InChI=1S/C19H22N2O2/c1-21(2)14-15-23-18-11-7-6-10-17(18)20-19(22)13-12-16-8-4-3-5-9-16/h3-13H,14-15H2,1-2H3,(H,20,22)/b13-12+. The average Bonchev–Trinajstić information content (AvgIpc) is 2.55. The molecule has 4 nitrogen and oxygen atoms in total. The summed E-state index contributed by atoms with van der Waals surface area (Å²) in [5, 5.41) is 2.85. The van der Waals surface area contributed by atoms with E-state index in [0.717, 1.165) is 12.1 Å². The number of carbonyl (C=O) groups excluding carboxylic acids is 1. The lowest BCUT2D eigenvalue weighted by atomic mass is 10.2. The molecule has 2 rings (SSSR count). The van der Waals surface area contributed by atoms with Crippen LogP contribution in [0.5, 0.6) is 5.75 Å². The van der Waals surface area contributed by atoms with Crippen molar-refractivity contribution in [3.05, 3.63) is 66.2 Å². The Kier molecular flexibility index (Phi) is 6.39. The number of para-hydroxylation sites is 2. The summed E-state index contributed by atoms with van der Waals surface area (Å²) in [6.45, 7) is 1.38. The Morgan fingerprint density at radius 2 is 1.78 bits per heavy atom. The van der Waals surface area contributed by atoms with E-state index in [9.17, 15) is 4.79 Å². The van der Waals surface area contributed by atoms with E-state index in [4.69, 9.17) is 4.74 Å². The predicted molar refractivity (Wildman–Crippen MR) is 94.6 cm³/mol. The number of anilines is 1. The lowest BCUT2D eigenvalue weighted by Gasteiger charge is -2.14. The normalized spacial score (nSPS) is 10.9. The van der Waals surface area contributed by atoms with Crippen molar-refractivity contribution >= 4 is 17.7 Å². The van der Waals surface area contributed by atoms with Crippen LogP contribution in [0.15, 0.2) is 60.7 Å². The predicted octanol–water partition coefficient (Wildman–Crippen LogP) is 3.28. The number of hydrogen-bond donors (Lipinski definition) is 1. The third-order valence-electron chi connectivity index (χ3n) is 3.17. The van der Waals surface area contributed by atoms with Crippen LogP contribution in [0, 0.1) is 0 Å². The first-order chi connectivity index (χ1) is 11.1. The van der Waals surface area contributed by atoms with Gasteiger partial charge >= 0.3 is 0 Å². The third-order valence-corrected chi connectivity index (χ3v) is 3.17. The van der Waals surface area contributed by atoms with Crippen LogP contribution in [0.4, 0.5) is 5.69 Å². The quantitative estimate of drug-likeness (QED) is 0.798. The summed E-state index contributed by atoms with van der Waals surface area (Å²) in [4.78, 5) is 14.1. The van der Waals surface area contributed by atoms with Gasteiger partial charge in [0.15, 0.2) is 0 Å². The van der Waals surface area contributed by atoms with Crippen molar-refractivity contribution < 1.29 is 9.53 Å². The highest BCUT2D eigenvalue weighted by atomic mass is 16.5. The summed E-state index contributed by atoms with van der Waals surface area (Å²) in [5.74, 6) is 0.494. The fourth-order valence-electron chi connectivity index (χ4n) is 1.94. The van der Waals surface area contributed by atoms with Gasteiger partial charge in [0.1, 0.15) is 12.4 Å². The molecular formula is C19H22N2O2. The Balaban J connectivity index is 1.96. The van der Waals surface area contributed by atoms with Crippen molar-refractivity contribution in [1.82, 2.24) is 4.90 Å². The Morgan fingerprint density at radius 3 is 2.52 bits per heavy atom. The van der Waals surface area contributed by atoms with Gasteiger partial charge in [0.05, 0.1) is 5.69 Å². The van der Waals surface area contributed by atoms with Crippen LogP contribution in [0.1, 0.15) is 5.56 Å². The topological polar surface area (TPSA) is 41.6 Å². The lowest BCUT2D eigenvalue weighted by molar-refractivity contribution is -0.111. The van der Waals surface area contributed by atoms with Crippen LogP contribution in [-0.4, -0.2) is 38.1 Å². The molecule has 0 atom stereocenters. The molecule has 23 heavy (non-hydrogen) atoms. The number of nitrogens with zero attached hydrogens (tertiary/aromatic N) is 1. The van der Waals surface area contributed by atoms with E-state index >= 15 is 0 Å². The Labute approximate surface area is 137 Å². The first-order valence-corrected chi connectivity index (χ1v) is 7.56. The minimum absolute atomic E-state index is 0.183. The molecule has 0 bridgehead atoms. The fourth-order valence-corrected chi connectivity index (χ4v) is 1.94. The van der Waals surface area contributed by atoms with E-state index < -0.39 is 0 Å². The van der Waals surface area contributed by atoms with Crippen molar-refractivity contribution in [2.24, 2.45) is 0 Å². The number of carbonyl (C=O) groups is 1. The molecule has 2 aromatic rings. The largest absolute Gasteiger partial charge is 0.490 e. The summed E-state index contributed by atoms with van der Waals surface area (Å²) < 4.78 is 5.73. The maximum atomic E-state index is 12.1. The van der Waals surface area contributed by atoms with Crippen LogP contribution >= 0.6 is 0 Å². The summed E-state index contributed by atoms with van der Waals surface area (Å²) in [6, 6.07) is 17.2. The first kappa shape index (κ1) is 16.8. The van der Waals surface area contributed by atoms with Gasteiger partial charge in [-0.3, -0.25) is 4.79 Å². The molecule has 0 radical (unpaired) electrons. The Bertz CT molecular complexity index is 651. The number of nitrogens with one attached hydrogen (secondary N) is 1. The SMILES string of the molecule is CN(C)CCOc1ccccc1NC(=O)/C=C/c1ccccc1. The third kappa shape index (κ3) is 5.96. The lowest BCUT2D eigenvalue weighted by Crippen LogP contribution is -2.20. The maximum Gasteiger partial charge on any atom is 0.248 e. The summed E-state index contributed by atoms with van der Waals surface area (Å²) in [5.41, 5.74) is 1.66. The van der Waals surface area contributed by atoms with E-state index in [1.165, 1.54) is 6.08 Å². The highest BCUT2D eigenvalue weighted by Gasteiger charge is 2.05. The van der Waals surface area contributed by atoms with Crippen molar-refractivity contribution in [3.63, 3.8) is 0 Å². The molecule has 0 saturated heterocycles. The molecule has 1 N–H and O–H groups in total. The Hall–Kier alpha value is -2.59. The van der Waals surface area contributed by atoms with E-state index in [0.29, 0.717) is 18.0 Å². The molecule has 0 saturated carbocycles. The van der Waals surface area contributed by atoms with Crippen LogP contribution in [0.3, 0.4) is 0 Å². The number of ether oxygens (including phenoxy) is 1. The van der Waals surface area contributed by atoms with E-state index in [1.54, 1.807) is 6.08 Å². The monoisotopic (exact) mass is 310 g/mol. The minimum atomic E-state index is -0.183. The maximum absolute atomic E-state index is 12.1. The molecule has 0 aliphatic heterocycles. The van der Waals surface area contributed by atoms with Crippen molar-refractivity contribution in [2.75, 3.05) is 32.6 Å². The number of amides is 1. The van der Waals surface area contributed by atoms with Gasteiger partial charge in [0.25, 0.3) is 0 Å². The second kappa shape index (κ2) is 8.76. The smallest absolute Gasteiger partial charge is 0.248 e. The Morgan fingerprint density at radius 1 is 1.09 bits per heavy atom. The molecule has 2 aromatic carbocycles. The van der Waals surface area contributed by atoms with Gasteiger partial charge < -0.3 is 15.0 Å². The van der Waals surface area contributed by atoms with E-state index in [2.05, 4.69) is 5.32 Å². The van der Waals surface area contributed by atoms with Crippen molar-refractivity contribution in [3.8, 4) is 5.75 Å². The molecule has 0 fully saturated rings. The molecule has 0 aromatic heterocycles. The minimum Gasteiger partial charge on any atom is -0.490 e. The van der Waals surface area contributed by atoms with Gasteiger partial charge in [-0.1, -0.05) is 42.5 Å². The molecule has 0 spiro atoms.